The SMILES string of the molecule is Cc1cc(CN[C@H](C)c2cccc(F)c2)ccc1F. The number of benzene rings is 2. The highest BCUT2D eigenvalue weighted by molar-refractivity contribution is 5.24. The van der Waals surface area contributed by atoms with Crippen LogP contribution >= 0.6 is 0 Å². The van der Waals surface area contributed by atoms with Gasteiger partial charge in [0.1, 0.15) is 11.6 Å². The molecule has 1 nitrogen and oxygen atoms in total. The number of aryl methyl sites for hydroxylation is 1. The molecule has 0 aliphatic rings. The van der Waals surface area contributed by atoms with E-state index in [9.17, 15) is 8.78 Å². The predicted octanol–water partition coefficient (Wildman–Crippen LogP) is 4.12. The lowest BCUT2D eigenvalue weighted by molar-refractivity contribution is 0.563. The number of rotatable bonds is 4. The fraction of sp³-hybridized carbons (Fsp3) is 0.250. The zero-order valence-corrected chi connectivity index (χ0v) is 11.1. The molecule has 0 spiro atoms. The summed E-state index contributed by atoms with van der Waals surface area (Å²) in [6.45, 7) is 4.35. The lowest BCUT2D eigenvalue weighted by Gasteiger charge is -2.14. The van der Waals surface area contributed by atoms with E-state index >= 15 is 0 Å². The molecule has 1 atom stereocenters. The molecule has 2 aromatic rings. The first-order chi connectivity index (χ1) is 9.06. The van der Waals surface area contributed by atoms with Gasteiger partial charge in [-0.3, -0.25) is 0 Å². The highest BCUT2D eigenvalue weighted by atomic mass is 19.1. The molecule has 0 amide bonds. The van der Waals surface area contributed by atoms with Gasteiger partial charge in [0.25, 0.3) is 0 Å². The average Bonchev–Trinajstić information content (AvgIpc) is 2.40. The van der Waals surface area contributed by atoms with E-state index in [1.807, 2.05) is 19.1 Å². The van der Waals surface area contributed by atoms with Gasteiger partial charge < -0.3 is 5.32 Å². The van der Waals surface area contributed by atoms with Crippen molar-refractivity contribution in [3.8, 4) is 0 Å². The van der Waals surface area contributed by atoms with E-state index in [1.165, 1.54) is 18.2 Å². The van der Waals surface area contributed by atoms with Gasteiger partial charge in [-0.2, -0.15) is 0 Å². The molecule has 2 rings (SSSR count). The van der Waals surface area contributed by atoms with Crippen LogP contribution in [0.15, 0.2) is 42.5 Å². The van der Waals surface area contributed by atoms with Crippen molar-refractivity contribution in [1.29, 1.82) is 0 Å². The average molecular weight is 261 g/mol. The largest absolute Gasteiger partial charge is 0.306 e. The lowest BCUT2D eigenvalue weighted by atomic mass is 10.1. The molecular weight excluding hydrogens is 244 g/mol. The molecule has 3 heteroatoms. The molecule has 0 bridgehead atoms. The summed E-state index contributed by atoms with van der Waals surface area (Å²) in [4.78, 5) is 0. The zero-order chi connectivity index (χ0) is 13.8. The maximum Gasteiger partial charge on any atom is 0.126 e. The van der Waals surface area contributed by atoms with Crippen LogP contribution < -0.4 is 5.32 Å². The monoisotopic (exact) mass is 261 g/mol. The maximum atomic E-state index is 13.1. The van der Waals surface area contributed by atoms with Gasteiger partial charge in [0.05, 0.1) is 0 Å². The molecule has 0 saturated heterocycles. The third-order valence-corrected chi connectivity index (χ3v) is 3.18. The molecule has 0 heterocycles. The number of nitrogens with one attached hydrogen (secondary N) is 1. The van der Waals surface area contributed by atoms with Crippen molar-refractivity contribution in [2.75, 3.05) is 0 Å². The highest BCUT2D eigenvalue weighted by Crippen LogP contribution is 2.15. The van der Waals surface area contributed by atoms with Gasteiger partial charge in [-0.25, -0.2) is 8.78 Å². The Hall–Kier alpha value is -1.74. The van der Waals surface area contributed by atoms with Gasteiger partial charge in [0.15, 0.2) is 0 Å². The summed E-state index contributed by atoms with van der Waals surface area (Å²) < 4.78 is 26.3. The van der Waals surface area contributed by atoms with Crippen molar-refractivity contribution in [1.82, 2.24) is 5.32 Å². The second-order valence-corrected chi connectivity index (χ2v) is 4.74. The fourth-order valence-corrected chi connectivity index (χ4v) is 1.98. The minimum Gasteiger partial charge on any atom is -0.306 e. The van der Waals surface area contributed by atoms with E-state index in [1.54, 1.807) is 19.1 Å². The van der Waals surface area contributed by atoms with E-state index in [-0.39, 0.29) is 17.7 Å². The Kier molecular flexibility index (Phi) is 4.27. The van der Waals surface area contributed by atoms with Crippen LogP contribution in [0.5, 0.6) is 0 Å². The Morgan fingerprint density at radius 3 is 2.58 bits per heavy atom. The number of halogens is 2. The van der Waals surface area contributed by atoms with E-state index in [0.29, 0.717) is 12.1 Å². The standard InChI is InChI=1S/C16H17F2N/c1-11-8-13(6-7-16(11)18)10-19-12(2)14-4-3-5-15(17)9-14/h3-9,12,19H,10H2,1-2H3/t12-/m1/s1. The first kappa shape index (κ1) is 13.7. The quantitative estimate of drug-likeness (QED) is 0.872. The molecule has 1 N–H and O–H groups in total. The molecule has 2 aromatic carbocycles. The van der Waals surface area contributed by atoms with Gasteiger partial charge in [-0.1, -0.05) is 24.3 Å². The maximum absolute atomic E-state index is 13.1. The van der Waals surface area contributed by atoms with Crippen LogP contribution in [0.2, 0.25) is 0 Å². The normalized spacial score (nSPS) is 12.4. The van der Waals surface area contributed by atoms with E-state index in [2.05, 4.69) is 5.32 Å². The summed E-state index contributed by atoms with van der Waals surface area (Å²) in [6, 6.07) is 11.6. The fourth-order valence-electron chi connectivity index (χ4n) is 1.98. The van der Waals surface area contributed by atoms with Crippen LogP contribution in [0.3, 0.4) is 0 Å². The van der Waals surface area contributed by atoms with Crippen LogP contribution in [0, 0.1) is 18.6 Å². The van der Waals surface area contributed by atoms with Crippen LogP contribution in [-0.4, -0.2) is 0 Å². The highest BCUT2D eigenvalue weighted by Gasteiger charge is 2.06. The molecule has 0 unspecified atom stereocenters. The van der Waals surface area contributed by atoms with Gasteiger partial charge in [0.2, 0.25) is 0 Å². The molecule has 0 radical (unpaired) electrons. The van der Waals surface area contributed by atoms with Gasteiger partial charge in [0, 0.05) is 12.6 Å². The third kappa shape index (κ3) is 3.61. The summed E-state index contributed by atoms with van der Waals surface area (Å²) in [5, 5.41) is 3.30. The van der Waals surface area contributed by atoms with Crippen molar-refractivity contribution in [3.63, 3.8) is 0 Å². The second-order valence-electron chi connectivity index (χ2n) is 4.74. The molecule has 19 heavy (non-hydrogen) atoms. The zero-order valence-electron chi connectivity index (χ0n) is 11.1. The van der Waals surface area contributed by atoms with Crippen LogP contribution in [0.25, 0.3) is 0 Å². The van der Waals surface area contributed by atoms with Gasteiger partial charge in [-0.05, 0) is 48.7 Å². The van der Waals surface area contributed by atoms with Crippen LogP contribution in [0.4, 0.5) is 8.78 Å². The topological polar surface area (TPSA) is 12.0 Å². The summed E-state index contributed by atoms with van der Waals surface area (Å²) in [5.41, 5.74) is 2.55. The van der Waals surface area contributed by atoms with Crippen molar-refractivity contribution in [2.24, 2.45) is 0 Å². The molecule has 0 aromatic heterocycles. The number of hydrogen-bond acceptors (Lipinski definition) is 1. The smallest absolute Gasteiger partial charge is 0.126 e. The third-order valence-electron chi connectivity index (χ3n) is 3.18. The van der Waals surface area contributed by atoms with E-state index in [0.717, 1.165) is 11.1 Å². The van der Waals surface area contributed by atoms with Crippen LogP contribution in [0.1, 0.15) is 29.7 Å². The van der Waals surface area contributed by atoms with Crippen molar-refractivity contribution in [2.45, 2.75) is 26.4 Å². The Morgan fingerprint density at radius 2 is 1.89 bits per heavy atom. The van der Waals surface area contributed by atoms with Gasteiger partial charge in [-0.15, -0.1) is 0 Å². The first-order valence-electron chi connectivity index (χ1n) is 6.30. The molecule has 0 fully saturated rings. The Labute approximate surface area is 112 Å². The van der Waals surface area contributed by atoms with Gasteiger partial charge >= 0.3 is 0 Å². The Morgan fingerprint density at radius 1 is 1.11 bits per heavy atom. The van der Waals surface area contributed by atoms with E-state index in [4.69, 9.17) is 0 Å². The van der Waals surface area contributed by atoms with Crippen molar-refractivity contribution < 1.29 is 8.78 Å². The molecule has 0 aliphatic heterocycles. The van der Waals surface area contributed by atoms with Crippen molar-refractivity contribution in [3.05, 3.63) is 70.8 Å². The Balaban J connectivity index is 2.00. The summed E-state index contributed by atoms with van der Waals surface area (Å²) in [5.74, 6) is -0.425. The Bertz CT molecular complexity index is 566. The molecule has 0 aliphatic carbocycles. The predicted molar refractivity (Wildman–Crippen MR) is 72.8 cm³/mol. The summed E-state index contributed by atoms with van der Waals surface area (Å²) in [6.07, 6.45) is 0. The minimum atomic E-state index is -0.233. The second kappa shape index (κ2) is 5.93. The number of hydrogen-bond donors (Lipinski definition) is 1. The van der Waals surface area contributed by atoms with Crippen molar-refractivity contribution >= 4 is 0 Å². The molecule has 100 valence electrons. The minimum absolute atomic E-state index is 0.0426. The van der Waals surface area contributed by atoms with Crippen LogP contribution in [-0.2, 0) is 6.54 Å². The molecular formula is C16H17F2N. The summed E-state index contributed by atoms with van der Waals surface area (Å²) in [7, 11) is 0. The van der Waals surface area contributed by atoms with E-state index < -0.39 is 0 Å². The lowest BCUT2D eigenvalue weighted by Crippen LogP contribution is -2.18. The summed E-state index contributed by atoms with van der Waals surface area (Å²) >= 11 is 0. The molecule has 0 saturated carbocycles. The first-order valence-corrected chi connectivity index (χ1v) is 6.30.